The van der Waals surface area contributed by atoms with Crippen LogP contribution in [0.1, 0.15) is 15.9 Å². The second kappa shape index (κ2) is 6.72. The topological polar surface area (TPSA) is 88.0 Å². The third kappa shape index (κ3) is 3.38. The van der Waals surface area contributed by atoms with E-state index in [4.69, 9.17) is 11.6 Å². The Labute approximate surface area is 142 Å². The van der Waals surface area contributed by atoms with E-state index in [2.05, 4.69) is 10.3 Å². The van der Waals surface area contributed by atoms with Gasteiger partial charge in [0.25, 0.3) is 11.6 Å². The first-order valence-electron chi connectivity index (χ1n) is 7.33. The van der Waals surface area contributed by atoms with Crippen LogP contribution in [0.5, 0.6) is 0 Å². The molecule has 0 aliphatic rings. The molecule has 7 heteroatoms. The number of benzene rings is 2. The van der Waals surface area contributed by atoms with Crippen LogP contribution in [0.3, 0.4) is 0 Å². The number of rotatable bonds is 5. The van der Waals surface area contributed by atoms with Crippen LogP contribution in [0.25, 0.3) is 10.9 Å². The second-order valence-electron chi connectivity index (χ2n) is 5.31. The molecule has 0 aliphatic carbocycles. The number of nitro benzene ring substituents is 1. The van der Waals surface area contributed by atoms with Gasteiger partial charge in [-0.25, -0.2) is 0 Å². The van der Waals surface area contributed by atoms with Crippen molar-refractivity contribution in [3.8, 4) is 0 Å². The van der Waals surface area contributed by atoms with Crippen molar-refractivity contribution in [2.75, 3.05) is 6.54 Å². The minimum atomic E-state index is -0.496. The lowest BCUT2D eigenvalue weighted by Crippen LogP contribution is -2.25. The monoisotopic (exact) mass is 343 g/mol. The Balaban J connectivity index is 1.62. The van der Waals surface area contributed by atoms with Crippen LogP contribution in [0.4, 0.5) is 5.69 Å². The molecule has 24 heavy (non-hydrogen) atoms. The molecular weight excluding hydrogens is 330 g/mol. The van der Waals surface area contributed by atoms with E-state index in [1.807, 2.05) is 24.4 Å². The van der Waals surface area contributed by atoms with Crippen molar-refractivity contribution in [1.29, 1.82) is 0 Å². The molecule has 2 N–H and O–H groups in total. The quantitative estimate of drug-likeness (QED) is 0.547. The molecule has 0 spiro atoms. The molecule has 1 heterocycles. The van der Waals surface area contributed by atoms with Crippen LogP contribution in [0.15, 0.2) is 48.7 Å². The van der Waals surface area contributed by atoms with Gasteiger partial charge < -0.3 is 10.3 Å². The number of carbonyl (C=O) groups is 1. The van der Waals surface area contributed by atoms with Crippen molar-refractivity contribution in [3.63, 3.8) is 0 Å². The largest absolute Gasteiger partial charge is 0.361 e. The molecule has 0 saturated carbocycles. The van der Waals surface area contributed by atoms with Crippen molar-refractivity contribution in [2.45, 2.75) is 6.42 Å². The predicted molar refractivity (Wildman–Crippen MR) is 92.4 cm³/mol. The normalized spacial score (nSPS) is 10.7. The fraction of sp³-hybridized carbons (Fsp3) is 0.118. The van der Waals surface area contributed by atoms with E-state index in [9.17, 15) is 14.9 Å². The van der Waals surface area contributed by atoms with Crippen molar-refractivity contribution in [3.05, 3.63) is 74.9 Å². The number of nitro groups is 1. The molecule has 1 aromatic heterocycles. The molecule has 6 nitrogen and oxygen atoms in total. The van der Waals surface area contributed by atoms with Crippen molar-refractivity contribution in [2.24, 2.45) is 0 Å². The molecular formula is C17H14ClN3O3. The van der Waals surface area contributed by atoms with Crippen LogP contribution in [0, 0.1) is 10.1 Å². The fourth-order valence-electron chi connectivity index (χ4n) is 2.50. The van der Waals surface area contributed by atoms with Crippen molar-refractivity contribution < 1.29 is 9.72 Å². The van der Waals surface area contributed by atoms with Gasteiger partial charge in [-0.2, -0.15) is 0 Å². The smallest absolute Gasteiger partial charge is 0.269 e. The third-order valence-corrected chi connectivity index (χ3v) is 3.98. The Kier molecular flexibility index (Phi) is 4.48. The Morgan fingerprint density at radius 2 is 1.96 bits per heavy atom. The molecule has 0 fully saturated rings. The molecule has 1 amide bonds. The average molecular weight is 344 g/mol. The van der Waals surface area contributed by atoms with E-state index < -0.39 is 4.92 Å². The Morgan fingerprint density at radius 3 is 2.67 bits per heavy atom. The molecule has 0 saturated heterocycles. The lowest BCUT2D eigenvalue weighted by Gasteiger charge is -2.05. The van der Waals surface area contributed by atoms with Gasteiger partial charge in [0.1, 0.15) is 0 Å². The molecule has 122 valence electrons. The number of fused-ring (bicyclic) bond motifs is 1. The van der Waals surface area contributed by atoms with Crippen LogP contribution in [-0.4, -0.2) is 22.4 Å². The molecule has 3 aromatic rings. The highest BCUT2D eigenvalue weighted by molar-refractivity contribution is 6.31. The first-order valence-corrected chi connectivity index (χ1v) is 7.70. The van der Waals surface area contributed by atoms with Gasteiger partial charge in [0, 0.05) is 46.4 Å². The van der Waals surface area contributed by atoms with Crippen LogP contribution < -0.4 is 5.32 Å². The SMILES string of the molecule is O=C(NCCc1c[nH]c2ccc(Cl)cc12)c1ccc([N+](=O)[O-])cc1. The van der Waals surface area contributed by atoms with E-state index in [1.165, 1.54) is 24.3 Å². The maximum atomic E-state index is 12.1. The van der Waals surface area contributed by atoms with Gasteiger partial charge in [0.15, 0.2) is 0 Å². The van der Waals surface area contributed by atoms with Gasteiger partial charge >= 0.3 is 0 Å². The Hall–Kier alpha value is -2.86. The molecule has 0 unspecified atom stereocenters. The molecule has 3 rings (SSSR count). The number of carbonyl (C=O) groups excluding carboxylic acids is 1. The summed E-state index contributed by atoms with van der Waals surface area (Å²) in [5.74, 6) is -0.261. The highest BCUT2D eigenvalue weighted by atomic mass is 35.5. The number of aromatic amines is 1. The summed E-state index contributed by atoms with van der Waals surface area (Å²) < 4.78 is 0. The second-order valence-corrected chi connectivity index (χ2v) is 5.75. The van der Waals surface area contributed by atoms with Crippen LogP contribution >= 0.6 is 11.6 Å². The molecule has 0 aliphatic heterocycles. The third-order valence-electron chi connectivity index (χ3n) is 3.75. The number of aromatic nitrogens is 1. The summed E-state index contributed by atoms with van der Waals surface area (Å²) >= 11 is 6.02. The summed E-state index contributed by atoms with van der Waals surface area (Å²) in [6.07, 6.45) is 2.55. The molecule has 0 radical (unpaired) electrons. The van der Waals surface area contributed by atoms with E-state index in [1.54, 1.807) is 0 Å². The zero-order valence-electron chi connectivity index (χ0n) is 12.6. The van der Waals surface area contributed by atoms with Gasteiger partial charge in [0.05, 0.1) is 4.92 Å². The number of halogens is 1. The first-order chi connectivity index (χ1) is 11.5. The summed E-state index contributed by atoms with van der Waals surface area (Å²) in [6, 6.07) is 11.1. The van der Waals surface area contributed by atoms with Crippen molar-refractivity contribution in [1.82, 2.24) is 10.3 Å². The van der Waals surface area contributed by atoms with E-state index in [-0.39, 0.29) is 11.6 Å². The van der Waals surface area contributed by atoms with Gasteiger partial charge in [0.2, 0.25) is 0 Å². The Bertz CT molecular complexity index is 903. The molecule has 2 aromatic carbocycles. The van der Waals surface area contributed by atoms with Crippen LogP contribution in [-0.2, 0) is 6.42 Å². The zero-order valence-corrected chi connectivity index (χ0v) is 13.3. The minimum Gasteiger partial charge on any atom is -0.361 e. The van der Waals surface area contributed by atoms with Crippen molar-refractivity contribution >= 4 is 34.1 Å². The fourth-order valence-corrected chi connectivity index (χ4v) is 2.68. The zero-order chi connectivity index (χ0) is 17.1. The summed E-state index contributed by atoms with van der Waals surface area (Å²) in [7, 11) is 0. The summed E-state index contributed by atoms with van der Waals surface area (Å²) in [4.78, 5) is 25.3. The standard InChI is InChI=1S/C17H14ClN3O3/c18-13-3-6-16-15(9-13)12(10-20-16)7-8-19-17(22)11-1-4-14(5-2-11)21(23)24/h1-6,9-10,20H,7-8H2,(H,19,22). The maximum absolute atomic E-state index is 12.1. The van der Waals surface area contributed by atoms with Gasteiger partial charge in [-0.3, -0.25) is 14.9 Å². The van der Waals surface area contributed by atoms with E-state index in [0.29, 0.717) is 23.6 Å². The average Bonchev–Trinajstić information content (AvgIpc) is 2.97. The molecule has 0 atom stereocenters. The lowest BCUT2D eigenvalue weighted by atomic mass is 10.1. The number of hydrogen-bond acceptors (Lipinski definition) is 3. The number of nitrogens with one attached hydrogen (secondary N) is 2. The predicted octanol–water partition coefficient (Wildman–Crippen LogP) is 3.70. The van der Waals surface area contributed by atoms with Crippen LogP contribution in [0.2, 0.25) is 5.02 Å². The maximum Gasteiger partial charge on any atom is 0.269 e. The number of nitrogens with zero attached hydrogens (tertiary/aromatic N) is 1. The minimum absolute atomic E-state index is 0.0396. The molecule has 0 bridgehead atoms. The summed E-state index contributed by atoms with van der Waals surface area (Å²) in [5.41, 5.74) is 2.41. The lowest BCUT2D eigenvalue weighted by molar-refractivity contribution is -0.384. The number of hydrogen-bond donors (Lipinski definition) is 2. The van der Waals surface area contributed by atoms with Gasteiger partial charge in [-0.1, -0.05) is 11.6 Å². The van der Waals surface area contributed by atoms with E-state index >= 15 is 0 Å². The summed E-state index contributed by atoms with van der Waals surface area (Å²) in [6.45, 7) is 0.454. The number of amides is 1. The number of H-pyrrole nitrogens is 1. The van der Waals surface area contributed by atoms with Gasteiger partial charge in [-0.15, -0.1) is 0 Å². The first kappa shape index (κ1) is 16.0. The van der Waals surface area contributed by atoms with E-state index in [0.717, 1.165) is 16.5 Å². The summed E-state index contributed by atoms with van der Waals surface area (Å²) in [5, 5.41) is 15.1. The Morgan fingerprint density at radius 1 is 1.21 bits per heavy atom. The highest BCUT2D eigenvalue weighted by Gasteiger charge is 2.10. The number of non-ortho nitro benzene ring substituents is 1. The highest BCUT2D eigenvalue weighted by Crippen LogP contribution is 2.22. The van der Waals surface area contributed by atoms with Gasteiger partial charge in [-0.05, 0) is 42.3 Å².